The molecule has 1 aromatic heterocycles. The topological polar surface area (TPSA) is 69.0 Å². The maximum atomic E-state index is 12.4. The van der Waals surface area contributed by atoms with Gasteiger partial charge in [0, 0.05) is 18.1 Å². The van der Waals surface area contributed by atoms with Crippen molar-refractivity contribution in [3.63, 3.8) is 0 Å². The van der Waals surface area contributed by atoms with Crippen molar-refractivity contribution >= 4 is 29.3 Å². The third kappa shape index (κ3) is 5.98. The Kier molecular flexibility index (Phi) is 7.55. The second kappa shape index (κ2) is 10.3. The Balaban J connectivity index is 1.57. The molecule has 29 heavy (non-hydrogen) atoms. The molecule has 0 aliphatic carbocycles. The Labute approximate surface area is 179 Å². The minimum absolute atomic E-state index is 0.0385. The number of aromatic nitrogens is 3. The van der Waals surface area contributed by atoms with Gasteiger partial charge in [-0.1, -0.05) is 53.7 Å². The van der Waals surface area contributed by atoms with Gasteiger partial charge in [0.25, 0.3) is 0 Å². The number of ether oxygens (including phenoxy) is 1. The lowest BCUT2D eigenvalue weighted by molar-refractivity contribution is -0.120. The first-order valence-electron chi connectivity index (χ1n) is 9.35. The molecule has 3 rings (SSSR count). The summed E-state index contributed by atoms with van der Waals surface area (Å²) in [6.45, 7) is 5.36. The molecule has 0 unspecified atom stereocenters. The number of hydrogen-bond acceptors (Lipinski definition) is 5. The summed E-state index contributed by atoms with van der Waals surface area (Å²) in [5, 5.41) is 12.5. The summed E-state index contributed by atoms with van der Waals surface area (Å²) < 4.78 is 7.73. The van der Waals surface area contributed by atoms with Gasteiger partial charge in [0.15, 0.2) is 11.0 Å². The van der Waals surface area contributed by atoms with Crippen LogP contribution in [-0.2, 0) is 24.5 Å². The Morgan fingerprint density at radius 1 is 1.17 bits per heavy atom. The molecule has 0 aliphatic heterocycles. The number of nitrogens with zero attached hydrogens (tertiary/aromatic N) is 3. The summed E-state index contributed by atoms with van der Waals surface area (Å²) in [6, 6.07) is 17.0. The molecule has 8 heteroatoms. The Bertz CT molecular complexity index is 932. The molecule has 1 amide bonds. The normalized spacial score (nSPS) is 11.8. The molecule has 0 fully saturated rings. The molecular weight excluding hydrogens is 408 g/mol. The summed E-state index contributed by atoms with van der Waals surface area (Å²) in [4.78, 5) is 12.4. The van der Waals surface area contributed by atoms with Crippen molar-refractivity contribution in [2.75, 3.05) is 0 Å². The van der Waals surface area contributed by atoms with E-state index in [1.807, 2.05) is 60.9 Å². The quantitative estimate of drug-likeness (QED) is 0.512. The predicted molar refractivity (Wildman–Crippen MR) is 115 cm³/mol. The minimum Gasteiger partial charge on any atom is -0.486 e. The fourth-order valence-corrected chi connectivity index (χ4v) is 3.73. The van der Waals surface area contributed by atoms with Gasteiger partial charge in [0.05, 0.1) is 5.25 Å². The summed E-state index contributed by atoms with van der Waals surface area (Å²) in [5.74, 6) is 1.38. The van der Waals surface area contributed by atoms with E-state index in [-0.39, 0.29) is 17.8 Å². The number of amides is 1. The Hall–Kier alpha value is -2.51. The number of benzene rings is 2. The highest BCUT2D eigenvalue weighted by Gasteiger charge is 2.19. The van der Waals surface area contributed by atoms with Crippen LogP contribution in [0.25, 0.3) is 0 Å². The molecule has 0 bridgehead atoms. The lowest BCUT2D eigenvalue weighted by atomic mass is 10.2. The molecular formula is C21H23ClN4O2S. The lowest BCUT2D eigenvalue weighted by Crippen LogP contribution is -2.30. The fraction of sp³-hybridized carbons (Fsp3) is 0.286. The van der Waals surface area contributed by atoms with E-state index in [9.17, 15) is 4.79 Å². The van der Waals surface area contributed by atoms with Gasteiger partial charge in [0.1, 0.15) is 12.4 Å². The van der Waals surface area contributed by atoms with Crippen molar-refractivity contribution in [1.82, 2.24) is 20.1 Å². The van der Waals surface area contributed by atoms with Crippen LogP contribution in [0.3, 0.4) is 0 Å². The van der Waals surface area contributed by atoms with E-state index in [1.165, 1.54) is 11.8 Å². The smallest absolute Gasteiger partial charge is 0.233 e. The highest BCUT2D eigenvalue weighted by Crippen LogP contribution is 2.23. The summed E-state index contributed by atoms with van der Waals surface area (Å²) >= 11 is 7.28. The van der Waals surface area contributed by atoms with Crippen LogP contribution in [0.4, 0.5) is 0 Å². The molecule has 0 spiro atoms. The fourth-order valence-electron chi connectivity index (χ4n) is 2.65. The molecule has 0 radical (unpaired) electrons. The number of rotatable bonds is 9. The zero-order chi connectivity index (χ0) is 20.6. The third-order valence-corrected chi connectivity index (χ3v) is 5.58. The van der Waals surface area contributed by atoms with E-state index in [2.05, 4.69) is 15.5 Å². The number of nitrogens with one attached hydrogen (secondary N) is 1. The zero-order valence-electron chi connectivity index (χ0n) is 16.3. The maximum Gasteiger partial charge on any atom is 0.233 e. The van der Waals surface area contributed by atoms with Crippen molar-refractivity contribution in [2.45, 2.75) is 44.0 Å². The van der Waals surface area contributed by atoms with Crippen molar-refractivity contribution in [1.29, 1.82) is 0 Å². The third-order valence-electron chi connectivity index (χ3n) is 4.25. The van der Waals surface area contributed by atoms with Crippen LogP contribution in [0, 0.1) is 0 Å². The van der Waals surface area contributed by atoms with Crippen LogP contribution in [0.2, 0.25) is 5.02 Å². The minimum atomic E-state index is -0.293. The lowest BCUT2D eigenvalue weighted by Gasteiger charge is -2.13. The second-order valence-electron chi connectivity index (χ2n) is 6.35. The van der Waals surface area contributed by atoms with Crippen molar-refractivity contribution in [2.24, 2.45) is 0 Å². The number of halogens is 1. The molecule has 1 heterocycles. The van der Waals surface area contributed by atoms with E-state index >= 15 is 0 Å². The molecule has 1 atom stereocenters. The SMILES string of the molecule is CCn1c(COc2ccc(Cl)cc2)nnc1S[C@@H](C)C(=O)NCc1ccccc1. The standard InChI is InChI=1S/C21H23ClN4O2S/c1-3-26-19(14-28-18-11-9-17(22)10-12-18)24-25-21(26)29-15(2)20(27)23-13-16-7-5-4-6-8-16/h4-12,15H,3,13-14H2,1-2H3,(H,23,27)/t15-/m0/s1. The van der Waals surface area contributed by atoms with Gasteiger partial charge in [-0.25, -0.2) is 0 Å². The van der Waals surface area contributed by atoms with Gasteiger partial charge in [-0.15, -0.1) is 10.2 Å². The maximum absolute atomic E-state index is 12.4. The summed E-state index contributed by atoms with van der Waals surface area (Å²) in [6.07, 6.45) is 0. The number of hydrogen-bond donors (Lipinski definition) is 1. The highest BCUT2D eigenvalue weighted by atomic mass is 35.5. The van der Waals surface area contributed by atoms with Crippen LogP contribution in [0.1, 0.15) is 25.2 Å². The van der Waals surface area contributed by atoms with E-state index in [0.29, 0.717) is 34.8 Å². The van der Waals surface area contributed by atoms with Crippen LogP contribution in [0.5, 0.6) is 5.75 Å². The summed E-state index contributed by atoms with van der Waals surface area (Å²) in [5.41, 5.74) is 1.07. The zero-order valence-corrected chi connectivity index (χ0v) is 17.9. The first-order chi connectivity index (χ1) is 14.1. The average molecular weight is 431 g/mol. The van der Waals surface area contributed by atoms with Crippen molar-refractivity contribution in [3.8, 4) is 5.75 Å². The molecule has 2 aromatic carbocycles. The number of carbonyl (C=O) groups is 1. The van der Waals surface area contributed by atoms with E-state index in [1.54, 1.807) is 12.1 Å². The summed E-state index contributed by atoms with van der Waals surface area (Å²) in [7, 11) is 0. The van der Waals surface area contributed by atoms with Crippen molar-refractivity contribution < 1.29 is 9.53 Å². The van der Waals surface area contributed by atoms with Crippen LogP contribution < -0.4 is 10.1 Å². The average Bonchev–Trinajstić information content (AvgIpc) is 3.13. The Morgan fingerprint density at radius 3 is 2.59 bits per heavy atom. The molecule has 1 N–H and O–H groups in total. The first-order valence-corrected chi connectivity index (χ1v) is 10.6. The van der Waals surface area contributed by atoms with Crippen LogP contribution in [0.15, 0.2) is 59.8 Å². The molecule has 3 aromatic rings. The van der Waals surface area contributed by atoms with Gasteiger partial charge in [-0.3, -0.25) is 4.79 Å². The molecule has 0 aliphatic rings. The van der Waals surface area contributed by atoms with Gasteiger partial charge >= 0.3 is 0 Å². The van der Waals surface area contributed by atoms with Crippen molar-refractivity contribution in [3.05, 3.63) is 71.0 Å². The highest BCUT2D eigenvalue weighted by molar-refractivity contribution is 8.00. The van der Waals surface area contributed by atoms with Gasteiger partial charge in [0.2, 0.25) is 5.91 Å². The molecule has 0 saturated heterocycles. The van der Waals surface area contributed by atoms with E-state index in [0.717, 1.165) is 5.56 Å². The van der Waals surface area contributed by atoms with Crippen LogP contribution in [-0.4, -0.2) is 25.9 Å². The van der Waals surface area contributed by atoms with Gasteiger partial charge in [-0.2, -0.15) is 0 Å². The second-order valence-corrected chi connectivity index (χ2v) is 8.09. The van der Waals surface area contributed by atoms with E-state index in [4.69, 9.17) is 16.3 Å². The van der Waals surface area contributed by atoms with E-state index < -0.39 is 0 Å². The number of carbonyl (C=O) groups excluding carboxylic acids is 1. The largest absolute Gasteiger partial charge is 0.486 e. The number of thioether (sulfide) groups is 1. The predicted octanol–water partition coefficient (Wildman–Crippen LogP) is 4.33. The molecule has 0 saturated carbocycles. The monoisotopic (exact) mass is 430 g/mol. The first kappa shape index (κ1) is 21.2. The van der Waals surface area contributed by atoms with Gasteiger partial charge in [-0.05, 0) is 43.7 Å². The molecule has 152 valence electrons. The molecule has 6 nitrogen and oxygen atoms in total. The Morgan fingerprint density at radius 2 is 1.90 bits per heavy atom. The van der Waals surface area contributed by atoms with Gasteiger partial charge < -0.3 is 14.6 Å². The van der Waals surface area contributed by atoms with Crippen LogP contribution >= 0.6 is 23.4 Å².